The van der Waals surface area contributed by atoms with E-state index in [4.69, 9.17) is 4.74 Å². The van der Waals surface area contributed by atoms with E-state index >= 15 is 0 Å². The summed E-state index contributed by atoms with van der Waals surface area (Å²) in [6.07, 6.45) is 7.76. The Kier molecular flexibility index (Phi) is 5.47. The molecule has 3 heterocycles. The monoisotopic (exact) mass is 332 g/mol. The SMILES string of the molecule is COCc1cc(CNC(=O)N2CCC[C@@H](Cn3ccnc3)C2)[nH]n1. The zero-order valence-electron chi connectivity index (χ0n) is 13.9. The summed E-state index contributed by atoms with van der Waals surface area (Å²) in [5.74, 6) is 0.471. The van der Waals surface area contributed by atoms with Crippen molar-refractivity contribution in [2.45, 2.75) is 32.5 Å². The van der Waals surface area contributed by atoms with Crippen molar-refractivity contribution in [2.75, 3.05) is 20.2 Å². The molecule has 24 heavy (non-hydrogen) atoms. The number of amides is 2. The maximum Gasteiger partial charge on any atom is 0.317 e. The second-order valence-electron chi connectivity index (χ2n) is 6.19. The smallest absolute Gasteiger partial charge is 0.317 e. The van der Waals surface area contributed by atoms with Gasteiger partial charge in [0.25, 0.3) is 0 Å². The van der Waals surface area contributed by atoms with E-state index in [9.17, 15) is 4.79 Å². The highest BCUT2D eigenvalue weighted by Crippen LogP contribution is 2.18. The molecule has 1 aliphatic heterocycles. The van der Waals surface area contributed by atoms with Gasteiger partial charge in [0.05, 0.1) is 30.9 Å². The lowest BCUT2D eigenvalue weighted by Gasteiger charge is -2.32. The van der Waals surface area contributed by atoms with Crippen LogP contribution in [-0.2, 0) is 24.4 Å². The Labute approximate surface area is 141 Å². The van der Waals surface area contributed by atoms with Gasteiger partial charge in [0, 0.05) is 39.1 Å². The van der Waals surface area contributed by atoms with Crippen molar-refractivity contribution in [3.05, 3.63) is 36.2 Å². The van der Waals surface area contributed by atoms with Gasteiger partial charge in [0.15, 0.2) is 0 Å². The number of carbonyl (C=O) groups is 1. The van der Waals surface area contributed by atoms with Gasteiger partial charge in [0.1, 0.15) is 0 Å². The molecular formula is C16H24N6O2. The highest BCUT2D eigenvalue weighted by atomic mass is 16.5. The van der Waals surface area contributed by atoms with Gasteiger partial charge in [-0.15, -0.1) is 0 Å². The van der Waals surface area contributed by atoms with Gasteiger partial charge in [-0.1, -0.05) is 0 Å². The molecule has 0 unspecified atom stereocenters. The Hall–Kier alpha value is -2.35. The Morgan fingerprint density at radius 3 is 3.25 bits per heavy atom. The largest absolute Gasteiger partial charge is 0.378 e. The first-order valence-electron chi connectivity index (χ1n) is 8.25. The quantitative estimate of drug-likeness (QED) is 0.836. The predicted molar refractivity (Wildman–Crippen MR) is 88.1 cm³/mol. The summed E-state index contributed by atoms with van der Waals surface area (Å²) < 4.78 is 7.11. The minimum Gasteiger partial charge on any atom is -0.378 e. The third-order valence-electron chi connectivity index (χ3n) is 4.24. The number of aromatic nitrogens is 4. The summed E-state index contributed by atoms with van der Waals surface area (Å²) in [6.45, 7) is 3.40. The molecule has 1 saturated heterocycles. The molecule has 1 aliphatic rings. The van der Waals surface area contributed by atoms with Gasteiger partial charge in [0.2, 0.25) is 0 Å². The molecule has 8 heteroatoms. The first-order valence-corrected chi connectivity index (χ1v) is 8.25. The predicted octanol–water partition coefficient (Wildman–Crippen LogP) is 1.37. The van der Waals surface area contributed by atoms with Crippen molar-refractivity contribution in [3.63, 3.8) is 0 Å². The number of aromatic amines is 1. The molecule has 8 nitrogen and oxygen atoms in total. The van der Waals surface area contributed by atoms with Crippen LogP contribution in [0.25, 0.3) is 0 Å². The molecule has 0 spiro atoms. The lowest BCUT2D eigenvalue weighted by Crippen LogP contribution is -2.46. The number of imidazole rings is 1. The van der Waals surface area contributed by atoms with E-state index in [-0.39, 0.29) is 6.03 Å². The second-order valence-corrected chi connectivity index (χ2v) is 6.19. The Bertz CT molecular complexity index is 639. The third-order valence-corrected chi connectivity index (χ3v) is 4.24. The fourth-order valence-corrected chi connectivity index (χ4v) is 3.10. The first kappa shape index (κ1) is 16.5. The summed E-state index contributed by atoms with van der Waals surface area (Å²) in [7, 11) is 1.63. The molecule has 3 rings (SSSR count). The third kappa shape index (κ3) is 4.35. The van der Waals surface area contributed by atoms with Crippen LogP contribution in [0.2, 0.25) is 0 Å². The maximum absolute atomic E-state index is 12.4. The van der Waals surface area contributed by atoms with E-state index in [0.29, 0.717) is 19.1 Å². The van der Waals surface area contributed by atoms with Crippen LogP contribution in [0.5, 0.6) is 0 Å². The Morgan fingerprint density at radius 2 is 2.46 bits per heavy atom. The lowest BCUT2D eigenvalue weighted by molar-refractivity contribution is 0.159. The fourth-order valence-electron chi connectivity index (χ4n) is 3.10. The standard InChI is InChI=1S/C16H24N6O2/c1-24-11-15-7-14(19-20-15)8-18-16(23)22-5-2-3-13(10-22)9-21-6-4-17-12-21/h4,6-7,12-13H,2-3,5,8-11H2,1H3,(H,18,23)(H,19,20)/t13-/m0/s1. The zero-order valence-corrected chi connectivity index (χ0v) is 13.9. The topological polar surface area (TPSA) is 88.1 Å². The average molecular weight is 332 g/mol. The van der Waals surface area contributed by atoms with Crippen LogP contribution in [0.1, 0.15) is 24.2 Å². The number of urea groups is 1. The average Bonchev–Trinajstić information content (AvgIpc) is 3.25. The molecule has 2 aromatic rings. The van der Waals surface area contributed by atoms with Crippen molar-refractivity contribution in [2.24, 2.45) is 5.92 Å². The van der Waals surface area contributed by atoms with Crippen molar-refractivity contribution in [1.29, 1.82) is 0 Å². The molecule has 1 atom stereocenters. The van der Waals surface area contributed by atoms with Crippen LogP contribution in [0.15, 0.2) is 24.8 Å². The number of hydrogen-bond donors (Lipinski definition) is 2. The number of ether oxygens (including phenoxy) is 1. The molecule has 1 fully saturated rings. The van der Waals surface area contributed by atoms with Gasteiger partial charge in [-0.25, -0.2) is 9.78 Å². The molecule has 0 saturated carbocycles. The highest BCUT2D eigenvalue weighted by Gasteiger charge is 2.23. The van der Waals surface area contributed by atoms with Crippen LogP contribution in [0, 0.1) is 5.92 Å². The number of carbonyl (C=O) groups excluding carboxylic acids is 1. The van der Waals surface area contributed by atoms with Crippen molar-refractivity contribution in [3.8, 4) is 0 Å². The summed E-state index contributed by atoms with van der Waals surface area (Å²) >= 11 is 0. The molecule has 2 aromatic heterocycles. The molecule has 0 radical (unpaired) electrons. The van der Waals surface area contributed by atoms with Crippen LogP contribution in [0.4, 0.5) is 4.79 Å². The van der Waals surface area contributed by atoms with Crippen molar-refractivity contribution >= 4 is 6.03 Å². The molecule has 2 N–H and O–H groups in total. The molecule has 0 aliphatic carbocycles. The summed E-state index contributed by atoms with van der Waals surface area (Å²) in [6, 6.07) is 1.88. The first-order chi connectivity index (χ1) is 11.7. The summed E-state index contributed by atoms with van der Waals surface area (Å²) in [5.41, 5.74) is 1.71. The Morgan fingerprint density at radius 1 is 1.54 bits per heavy atom. The minimum absolute atomic E-state index is 0.0202. The van der Waals surface area contributed by atoms with Gasteiger partial charge in [-0.05, 0) is 24.8 Å². The van der Waals surface area contributed by atoms with Gasteiger partial charge in [-0.2, -0.15) is 5.10 Å². The Balaban J connectivity index is 1.47. The molecule has 0 aromatic carbocycles. The normalized spacial score (nSPS) is 17.9. The van der Waals surface area contributed by atoms with Crippen LogP contribution in [-0.4, -0.2) is 50.9 Å². The van der Waals surface area contributed by atoms with E-state index in [1.807, 2.05) is 23.5 Å². The number of hydrogen-bond acceptors (Lipinski definition) is 4. The minimum atomic E-state index is -0.0202. The van der Waals surface area contributed by atoms with Crippen LogP contribution >= 0.6 is 0 Å². The number of nitrogens with zero attached hydrogens (tertiary/aromatic N) is 4. The van der Waals surface area contributed by atoms with E-state index in [1.54, 1.807) is 13.3 Å². The molecule has 0 bridgehead atoms. The summed E-state index contributed by atoms with van der Waals surface area (Å²) in [4.78, 5) is 18.4. The number of methoxy groups -OCH3 is 1. The van der Waals surface area contributed by atoms with Crippen LogP contribution < -0.4 is 5.32 Å². The van der Waals surface area contributed by atoms with E-state index in [1.165, 1.54) is 0 Å². The van der Waals surface area contributed by atoms with Gasteiger partial charge >= 0.3 is 6.03 Å². The van der Waals surface area contributed by atoms with Crippen molar-refractivity contribution in [1.82, 2.24) is 30.0 Å². The molecule has 2 amide bonds. The number of nitrogens with one attached hydrogen (secondary N) is 2. The van der Waals surface area contributed by atoms with Gasteiger partial charge < -0.3 is 19.5 Å². The van der Waals surface area contributed by atoms with E-state index in [0.717, 1.165) is 43.9 Å². The highest BCUT2D eigenvalue weighted by molar-refractivity contribution is 5.74. The zero-order chi connectivity index (χ0) is 16.8. The second kappa shape index (κ2) is 7.96. The molecular weight excluding hydrogens is 308 g/mol. The van der Waals surface area contributed by atoms with E-state index in [2.05, 4.69) is 25.1 Å². The number of H-pyrrole nitrogens is 1. The fraction of sp³-hybridized carbons (Fsp3) is 0.562. The molecule has 130 valence electrons. The van der Waals surface area contributed by atoms with Crippen molar-refractivity contribution < 1.29 is 9.53 Å². The lowest BCUT2D eigenvalue weighted by atomic mass is 9.98. The van der Waals surface area contributed by atoms with Crippen LogP contribution in [0.3, 0.4) is 0 Å². The van der Waals surface area contributed by atoms with E-state index < -0.39 is 0 Å². The number of likely N-dealkylation sites (tertiary alicyclic amines) is 1. The maximum atomic E-state index is 12.4. The van der Waals surface area contributed by atoms with Gasteiger partial charge in [-0.3, -0.25) is 5.10 Å². The number of piperidine rings is 1. The number of rotatable bonds is 6. The summed E-state index contributed by atoms with van der Waals surface area (Å²) in [5, 5.41) is 10.00.